The van der Waals surface area contributed by atoms with Gasteiger partial charge in [0.2, 0.25) is 0 Å². The summed E-state index contributed by atoms with van der Waals surface area (Å²) in [5, 5.41) is 3.26. The molecule has 0 aliphatic heterocycles. The van der Waals surface area contributed by atoms with Crippen LogP contribution in [0.5, 0.6) is 0 Å². The molecule has 0 aromatic carbocycles. The summed E-state index contributed by atoms with van der Waals surface area (Å²) in [5.74, 6) is 0.633. The third-order valence-corrected chi connectivity index (χ3v) is 1.43. The molecule has 0 aliphatic carbocycles. The quantitative estimate of drug-likeness (QED) is 0.530. The van der Waals surface area contributed by atoms with Crippen LogP contribution in [0.2, 0.25) is 0 Å². The Morgan fingerprint density at radius 2 is 2.08 bits per heavy atom. The summed E-state index contributed by atoms with van der Waals surface area (Å²) in [6, 6.07) is 0. The molecule has 3 nitrogen and oxygen atoms in total. The molecule has 3 N–H and O–H groups in total. The molecule has 74 valence electrons. The lowest BCUT2D eigenvalue weighted by molar-refractivity contribution is 0.112. The molecule has 0 spiro atoms. The van der Waals surface area contributed by atoms with Crippen LogP contribution in [0.1, 0.15) is 20.3 Å². The van der Waals surface area contributed by atoms with Crippen LogP contribution in [-0.4, -0.2) is 32.8 Å². The zero-order valence-electron chi connectivity index (χ0n) is 8.31. The highest BCUT2D eigenvalue weighted by Crippen LogP contribution is 1.90. The summed E-state index contributed by atoms with van der Waals surface area (Å²) in [4.78, 5) is 0. The fourth-order valence-corrected chi connectivity index (χ4v) is 0.815. The van der Waals surface area contributed by atoms with Crippen molar-refractivity contribution in [2.24, 2.45) is 11.7 Å². The van der Waals surface area contributed by atoms with Crippen molar-refractivity contribution in [1.29, 1.82) is 0 Å². The number of hydrogen-bond donors (Lipinski definition) is 2. The predicted molar refractivity (Wildman–Crippen MR) is 52.2 cm³/mol. The summed E-state index contributed by atoms with van der Waals surface area (Å²) < 4.78 is 5.38. The number of rotatable bonds is 8. The van der Waals surface area contributed by atoms with Gasteiger partial charge in [-0.1, -0.05) is 13.8 Å². The van der Waals surface area contributed by atoms with Gasteiger partial charge in [-0.15, -0.1) is 0 Å². The Labute approximate surface area is 75.7 Å². The van der Waals surface area contributed by atoms with Crippen molar-refractivity contribution in [3.05, 3.63) is 0 Å². The van der Waals surface area contributed by atoms with Gasteiger partial charge in [-0.25, -0.2) is 0 Å². The Hall–Kier alpha value is -0.120. The van der Waals surface area contributed by atoms with Gasteiger partial charge in [-0.3, -0.25) is 0 Å². The number of nitrogens with two attached hydrogens (primary N) is 1. The van der Waals surface area contributed by atoms with E-state index in [0.29, 0.717) is 5.92 Å². The summed E-state index contributed by atoms with van der Waals surface area (Å²) in [5.41, 5.74) is 5.34. The summed E-state index contributed by atoms with van der Waals surface area (Å²) >= 11 is 0. The van der Waals surface area contributed by atoms with Crippen LogP contribution in [0.4, 0.5) is 0 Å². The van der Waals surface area contributed by atoms with Crippen LogP contribution in [0.25, 0.3) is 0 Å². The van der Waals surface area contributed by atoms with Gasteiger partial charge in [-0.05, 0) is 25.4 Å². The van der Waals surface area contributed by atoms with Crippen molar-refractivity contribution in [1.82, 2.24) is 5.32 Å². The Kier molecular flexibility index (Phi) is 8.88. The van der Waals surface area contributed by atoms with E-state index < -0.39 is 0 Å². The molecular formula is C9H22N2O. The Balaban J connectivity index is 2.82. The average molecular weight is 174 g/mol. The van der Waals surface area contributed by atoms with E-state index in [4.69, 9.17) is 10.5 Å². The number of nitrogens with one attached hydrogen (secondary N) is 1. The third-order valence-electron chi connectivity index (χ3n) is 1.43. The first-order valence-electron chi connectivity index (χ1n) is 4.76. The summed E-state index contributed by atoms with van der Waals surface area (Å²) in [6.07, 6.45) is 1.05. The molecule has 0 saturated heterocycles. The average Bonchev–Trinajstić information content (AvgIpc) is 2.02. The fraction of sp³-hybridized carbons (Fsp3) is 1.00. The molecule has 0 aliphatic rings. The maximum Gasteiger partial charge on any atom is 0.0591 e. The molecule has 0 amide bonds. The lowest BCUT2D eigenvalue weighted by atomic mass is 10.2. The minimum absolute atomic E-state index is 0.633. The van der Waals surface area contributed by atoms with E-state index >= 15 is 0 Å². The van der Waals surface area contributed by atoms with E-state index in [0.717, 1.165) is 39.3 Å². The van der Waals surface area contributed by atoms with Crippen LogP contribution in [-0.2, 0) is 4.74 Å². The molecule has 3 heteroatoms. The third kappa shape index (κ3) is 9.88. The minimum Gasteiger partial charge on any atom is -0.380 e. The molecule has 0 bridgehead atoms. The van der Waals surface area contributed by atoms with Crippen LogP contribution >= 0.6 is 0 Å². The van der Waals surface area contributed by atoms with Crippen molar-refractivity contribution in [2.75, 3.05) is 32.8 Å². The molecule has 0 rings (SSSR count). The number of hydrogen-bond acceptors (Lipinski definition) is 3. The Bertz CT molecular complexity index is 86.6. The van der Waals surface area contributed by atoms with Gasteiger partial charge >= 0.3 is 0 Å². The van der Waals surface area contributed by atoms with E-state index in [1.807, 2.05) is 0 Å². The second-order valence-electron chi connectivity index (χ2n) is 3.36. The minimum atomic E-state index is 0.633. The molecule has 0 heterocycles. The first-order chi connectivity index (χ1) is 5.77. The SMILES string of the molecule is CC(C)COCCNCCCN. The van der Waals surface area contributed by atoms with Gasteiger partial charge in [0, 0.05) is 13.2 Å². The molecule has 0 aromatic rings. The normalized spacial score (nSPS) is 11.0. The second-order valence-corrected chi connectivity index (χ2v) is 3.36. The molecule has 0 saturated carbocycles. The molecule has 0 radical (unpaired) electrons. The smallest absolute Gasteiger partial charge is 0.0591 e. The van der Waals surface area contributed by atoms with E-state index in [-0.39, 0.29) is 0 Å². The predicted octanol–water partition coefficient (Wildman–Crippen LogP) is 0.597. The molecule has 0 atom stereocenters. The van der Waals surface area contributed by atoms with Crippen LogP contribution in [0.3, 0.4) is 0 Å². The largest absolute Gasteiger partial charge is 0.380 e. The van der Waals surface area contributed by atoms with Gasteiger partial charge < -0.3 is 15.8 Å². The second kappa shape index (κ2) is 8.97. The van der Waals surface area contributed by atoms with Crippen LogP contribution in [0, 0.1) is 5.92 Å². The van der Waals surface area contributed by atoms with Crippen LogP contribution < -0.4 is 11.1 Å². The highest BCUT2D eigenvalue weighted by molar-refractivity contribution is 4.47. The van der Waals surface area contributed by atoms with Crippen LogP contribution in [0.15, 0.2) is 0 Å². The van der Waals surface area contributed by atoms with Crippen molar-refractivity contribution in [3.8, 4) is 0 Å². The van der Waals surface area contributed by atoms with E-state index in [9.17, 15) is 0 Å². The van der Waals surface area contributed by atoms with Gasteiger partial charge in [0.05, 0.1) is 6.61 Å². The molecular weight excluding hydrogens is 152 g/mol. The summed E-state index contributed by atoms with van der Waals surface area (Å²) in [6.45, 7) is 8.68. The highest BCUT2D eigenvalue weighted by atomic mass is 16.5. The van der Waals surface area contributed by atoms with E-state index in [1.54, 1.807) is 0 Å². The van der Waals surface area contributed by atoms with Crippen molar-refractivity contribution < 1.29 is 4.74 Å². The Morgan fingerprint density at radius 3 is 2.67 bits per heavy atom. The van der Waals surface area contributed by atoms with Gasteiger partial charge in [0.25, 0.3) is 0 Å². The molecule has 0 aromatic heterocycles. The van der Waals surface area contributed by atoms with E-state index in [2.05, 4.69) is 19.2 Å². The van der Waals surface area contributed by atoms with Crippen molar-refractivity contribution in [3.63, 3.8) is 0 Å². The molecule has 0 fully saturated rings. The lowest BCUT2D eigenvalue weighted by Crippen LogP contribution is -2.23. The maximum atomic E-state index is 5.38. The number of ether oxygens (including phenoxy) is 1. The lowest BCUT2D eigenvalue weighted by Gasteiger charge is -2.07. The first-order valence-corrected chi connectivity index (χ1v) is 4.76. The topological polar surface area (TPSA) is 47.3 Å². The van der Waals surface area contributed by atoms with Crippen molar-refractivity contribution >= 4 is 0 Å². The highest BCUT2D eigenvalue weighted by Gasteiger charge is 1.92. The van der Waals surface area contributed by atoms with Gasteiger partial charge in [0.15, 0.2) is 0 Å². The fourth-order valence-electron chi connectivity index (χ4n) is 0.815. The standard InChI is InChI=1S/C9H22N2O/c1-9(2)8-12-7-6-11-5-3-4-10/h9,11H,3-8,10H2,1-2H3. The zero-order chi connectivity index (χ0) is 9.23. The zero-order valence-corrected chi connectivity index (χ0v) is 8.31. The van der Waals surface area contributed by atoms with Gasteiger partial charge in [-0.2, -0.15) is 0 Å². The monoisotopic (exact) mass is 174 g/mol. The maximum absolute atomic E-state index is 5.38. The van der Waals surface area contributed by atoms with E-state index in [1.165, 1.54) is 0 Å². The van der Waals surface area contributed by atoms with Gasteiger partial charge in [0.1, 0.15) is 0 Å². The molecule has 12 heavy (non-hydrogen) atoms. The Morgan fingerprint density at radius 1 is 1.33 bits per heavy atom. The molecule has 0 unspecified atom stereocenters. The van der Waals surface area contributed by atoms with Crippen molar-refractivity contribution in [2.45, 2.75) is 20.3 Å². The summed E-state index contributed by atoms with van der Waals surface area (Å²) in [7, 11) is 0. The first kappa shape index (κ1) is 11.9.